The molecule has 1 amide bonds. The summed E-state index contributed by atoms with van der Waals surface area (Å²) in [6.45, 7) is 0.906. The number of aliphatic carboxylic acids is 1. The van der Waals surface area contributed by atoms with Crippen molar-refractivity contribution >= 4 is 11.9 Å². The second-order valence-corrected chi connectivity index (χ2v) is 5.14. The number of nitrogens with two attached hydrogens (primary N) is 1. The van der Waals surface area contributed by atoms with Gasteiger partial charge in [0.15, 0.2) is 0 Å². The smallest absolute Gasteiger partial charge is 0.326 e. The van der Waals surface area contributed by atoms with Crippen LogP contribution < -0.4 is 5.73 Å². The zero-order chi connectivity index (χ0) is 15.2. The molecule has 1 aliphatic heterocycles. The number of amides is 1. The number of carbonyl (C=O) groups excluding carboxylic acids is 1. The largest absolute Gasteiger partial charge is 0.480 e. The molecule has 6 heteroatoms. The number of ether oxygens (including phenoxy) is 1. The van der Waals surface area contributed by atoms with Crippen molar-refractivity contribution in [2.75, 3.05) is 13.2 Å². The molecule has 0 unspecified atom stereocenters. The van der Waals surface area contributed by atoms with Crippen molar-refractivity contribution in [3.05, 3.63) is 35.9 Å². The van der Waals surface area contributed by atoms with Gasteiger partial charge in [-0.3, -0.25) is 4.79 Å². The summed E-state index contributed by atoms with van der Waals surface area (Å²) < 4.78 is 5.44. The van der Waals surface area contributed by atoms with Crippen LogP contribution in [0, 0.1) is 0 Å². The summed E-state index contributed by atoms with van der Waals surface area (Å²) in [5.41, 5.74) is 6.82. The zero-order valence-electron chi connectivity index (χ0n) is 11.8. The van der Waals surface area contributed by atoms with Gasteiger partial charge >= 0.3 is 5.97 Å². The Hall–Kier alpha value is -1.92. The average Bonchev–Trinajstić information content (AvgIpc) is 2.97. The molecule has 1 saturated heterocycles. The summed E-state index contributed by atoms with van der Waals surface area (Å²) >= 11 is 0. The third-order valence-corrected chi connectivity index (χ3v) is 3.55. The van der Waals surface area contributed by atoms with Crippen LogP contribution in [0.4, 0.5) is 0 Å². The lowest BCUT2D eigenvalue weighted by atomic mass is 10.2. The highest BCUT2D eigenvalue weighted by Crippen LogP contribution is 2.18. The zero-order valence-corrected chi connectivity index (χ0v) is 11.8. The first-order chi connectivity index (χ1) is 10.1. The van der Waals surface area contributed by atoms with E-state index in [-0.39, 0.29) is 12.5 Å². The first-order valence-electron chi connectivity index (χ1n) is 7.00. The predicted molar refractivity (Wildman–Crippen MR) is 76.4 cm³/mol. The van der Waals surface area contributed by atoms with E-state index in [0.717, 1.165) is 5.56 Å². The molecule has 1 aliphatic rings. The van der Waals surface area contributed by atoms with Crippen LogP contribution in [0.3, 0.4) is 0 Å². The second-order valence-electron chi connectivity index (χ2n) is 5.14. The number of carboxylic acids is 1. The Morgan fingerprint density at radius 1 is 1.38 bits per heavy atom. The van der Waals surface area contributed by atoms with Crippen LogP contribution in [-0.2, 0) is 20.9 Å². The highest BCUT2D eigenvalue weighted by molar-refractivity contribution is 5.87. The minimum absolute atomic E-state index is 0.0799. The topological polar surface area (TPSA) is 92.9 Å². The highest BCUT2D eigenvalue weighted by atomic mass is 16.5. The molecule has 1 fully saturated rings. The van der Waals surface area contributed by atoms with Gasteiger partial charge in [-0.2, -0.15) is 0 Å². The molecule has 0 aliphatic carbocycles. The normalized spacial score (nSPS) is 19.5. The van der Waals surface area contributed by atoms with Crippen molar-refractivity contribution in [3.8, 4) is 0 Å². The molecule has 0 spiro atoms. The molecule has 1 aromatic rings. The fourth-order valence-corrected chi connectivity index (χ4v) is 2.45. The highest BCUT2D eigenvalue weighted by Gasteiger charge is 2.35. The Labute approximate surface area is 123 Å². The molecule has 114 valence electrons. The number of rotatable bonds is 6. The molecule has 1 aromatic carbocycles. The molecule has 2 rings (SSSR count). The van der Waals surface area contributed by atoms with Crippen molar-refractivity contribution in [3.63, 3.8) is 0 Å². The van der Waals surface area contributed by atoms with E-state index in [1.165, 1.54) is 4.90 Å². The van der Waals surface area contributed by atoms with Gasteiger partial charge in [-0.15, -0.1) is 0 Å². The summed E-state index contributed by atoms with van der Waals surface area (Å²) in [4.78, 5) is 24.6. The van der Waals surface area contributed by atoms with Crippen LogP contribution >= 0.6 is 0 Å². The number of nitrogens with zero attached hydrogens (tertiary/aromatic N) is 1. The SMILES string of the molecule is N[C@@H](COCc1ccccc1)C(=O)N1CCC[C@H]1C(=O)O. The van der Waals surface area contributed by atoms with Crippen LogP contribution in [0.5, 0.6) is 0 Å². The molecule has 1 heterocycles. The number of hydrogen-bond donors (Lipinski definition) is 2. The van der Waals surface area contributed by atoms with E-state index in [1.807, 2.05) is 30.3 Å². The van der Waals surface area contributed by atoms with Crippen LogP contribution in [0.1, 0.15) is 18.4 Å². The van der Waals surface area contributed by atoms with Crippen LogP contribution in [0.15, 0.2) is 30.3 Å². The van der Waals surface area contributed by atoms with E-state index in [0.29, 0.717) is 26.0 Å². The van der Waals surface area contributed by atoms with Gasteiger partial charge in [0.1, 0.15) is 12.1 Å². The van der Waals surface area contributed by atoms with Gasteiger partial charge in [0.2, 0.25) is 5.91 Å². The lowest BCUT2D eigenvalue weighted by molar-refractivity contribution is -0.149. The Balaban J connectivity index is 1.81. The molecule has 2 atom stereocenters. The maximum Gasteiger partial charge on any atom is 0.326 e. The maximum absolute atomic E-state index is 12.2. The Kier molecular flexibility index (Phi) is 5.30. The number of benzene rings is 1. The third-order valence-electron chi connectivity index (χ3n) is 3.55. The second kappa shape index (κ2) is 7.19. The maximum atomic E-state index is 12.2. The van der Waals surface area contributed by atoms with Crippen LogP contribution in [0.25, 0.3) is 0 Å². The van der Waals surface area contributed by atoms with Gasteiger partial charge in [0.05, 0.1) is 13.2 Å². The van der Waals surface area contributed by atoms with E-state index >= 15 is 0 Å². The van der Waals surface area contributed by atoms with E-state index < -0.39 is 18.1 Å². The summed E-state index contributed by atoms with van der Waals surface area (Å²) in [6.07, 6.45) is 1.18. The Bertz CT molecular complexity index is 492. The van der Waals surface area contributed by atoms with Crippen molar-refractivity contribution < 1.29 is 19.4 Å². The van der Waals surface area contributed by atoms with Gasteiger partial charge in [0, 0.05) is 6.54 Å². The van der Waals surface area contributed by atoms with Gasteiger partial charge in [-0.1, -0.05) is 30.3 Å². The van der Waals surface area contributed by atoms with Crippen LogP contribution in [0.2, 0.25) is 0 Å². The average molecular weight is 292 g/mol. The molecule has 3 N–H and O–H groups in total. The van der Waals surface area contributed by atoms with Gasteiger partial charge in [-0.05, 0) is 18.4 Å². The Morgan fingerprint density at radius 2 is 2.10 bits per heavy atom. The molecule has 0 bridgehead atoms. The summed E-state index contributed by atoms with van der Waals surface area (Å²) in [7, 11) is 0. The van der Waals surface area contributed by atoms with Crippen molar-refractivity contribution in [2.24, 2.45) is 5.73 Å². The lowest BCUT2D eigenvalue weighted by Crippen LogP contribution is -2.50. The number of hydrogen-bond acceptors (Lipinski definition) is 4. The number of carbonyl (C=O) groups is 2. The van der Waals surface area contributed by atoms with Gasteiger partial charge < -0.3 is 20.5 Å². The quantitative estimate of drug-likeness (QED) is 0.801. The predicted octanol–water partition coefficient (Wildman–Crippen LogP) is 0.606. The van der Waals surface area contributed by atoms with Crippen molar-refractivity contribution in [1.29, 1.82) is 0 Å². The minimum atomic E-state index is -0.974. The van der Waals surface area contributed by atoms with Crippen molar-refractivity contribution in [2.45, 2.75) is 31.5 Å². The van der Waals surface area contributed by atoms with Crippen molar-refractivity contribution in [1.82, 2.24) is 4.90 Å². The fourth-order valence-electron chi connectivity index (χ4n) is 2.45. The molecular weight excluding hydrogens is 272 g/mol. The van der Waals surface area contributed by atoms with Gasteiger partial charge in [-0.25, -0.2) is 4.79 Å². The molecule has 21 heavy (non-hydrogen) atoms. The monoisotopic (exact) mass is 292 g/mol. The van der Waals surface area contributed by atoms with E-state index in [1.54, 1.807) is 0 Å². The minimum Gasteiger partial charge on any atom is -0.480 e. The van der Waals surface area contributed by atoms with E-state index in [9.17, 15) is 9.59 Å². The summed E-state index contributed by atoms with van der Waals surface area (Å²) in [5, 5.41) is 9.07. The van der Waals surface area contributed by atoms with E-state index in [4.69, 9.17) is 15.6 Å². The number of likely N-dealkylation sites (tertiary alicyclic amines) is 1. The third kappa shape index (κ3) is 4.03. The summed E-state index contributed by atoms with van der Waals surface area (Å²) in [6, 6.07) is 8.00. The first kappa shape index (κ1) is 15.5. The molecule has 0 radical (unpaired) electrons. The lowest BCUT2D eigenvalue weighted by Gasteiger charge is -2.24. The molecular formula is C15H20N2O4. The molecule has 6 nitrogen and oxygen atoms in total. The first-order valence-corrected chi connectivity index (χ1v) is 7.00. The molecule has 0 saturated carbocycles. The standard InChI is InChI=1S/C15H20N2O4/c16-12(10-21-9-11-5-2-1-3-6-11)14(18)17-8-4-7-13(17)15(19)20/h1-3,5-6,12-13H,4,7-10,16H2,(H,19,20)/t12-,13-/m0/s1. The van der Waals surface area contributed by atoms with E-state index in [2.05, 4.69) is 0 Å². The van der Waals surface area contributed by atoms with Gasteiger partial charge in [0.25, 0.3) is 0 Å². The summed E-state index contributed by atoms with van der Waals surface area (Å²) in [5.74, 6) is -1.33. The molecule has 0 aromatic heterocycles. The van der Waals surface area contributed by atoms with Crippen LogP contribution in [-0.4, -0.2) is 47.1 Å². The number of carboxylic acid groups (broad SMARTS) is 1. The fraction of sp³-hybridized carbons (Fsp3) is 0.467. The Morgan fingerprint density at radius 3 is 2.76 bits per heavy atom.